The van der Waals surface area contributed by atoms with Crippen LogP contribution < -0.4 is 15.8 Å². The van der Waals surface area contributed by atoms with Crippen LogP contribution in [0.4, 0.5) is 5.69 Å². The molecule has 0 aromatic heterocycles. The molecule has 4 N–H and O–H groups in total. The topological polar surface area (TPSA) is 101 Å². The molecule has 2 saturated carbocycles. The number of sulfonamides is 1. The average Bonchev–Trinajstić information content (AvgIpc) is 3.10. The largest absolute Gasteiger partial charge is 0.327 e. The number of anilines is 1. The van der Waals surface area contributed by atoms with Gasteiger partial charge in [-0.2, -0.15) is 0 Å². The van der Waals surface area contributed by atoms with Crippen LogP contribution in [0.3, 0.4) is 0 Å². The summed E-state index contributed by atoms with van der Waals surface area (Å²) in [5, 5.41) is 2.89. The Balaban J connectivity index is 1.84. The second kappa shape index (κ2) is 5.89. The number of hydrogen-bond acceptors (Lipinski definition) is 4. The monoisotopic (exact) mass is 337 g/mol. The minimum absolute atomic E-state index is 0.0849. The lowest BCUT2D eigenvalue weighted by Gasteiger charge is -2.27. The molecule has 0 aliphatic heterocycles. The maximum absolute atomic E-state index is 12.6. The predicted molar refractivity (Wildman–Crippen MR) is 88.4 cm³/mol. The third kappa shape index (κ3) is 2.77. The van der Waals surface area contributed by atoms with Crippen LogP contribution in [0.15, 0.2) is 23.1 Å². The van der Waals surface area contributed by atoms with E-state index in [9.17, 15) is 13.2 Å². The van der Waals surface area contributed by atoms with E-state index in [1.807, 2.05) is 0 Å². The zero-order valence-electron chi connectivity index (χ0n) is 13.4. The number of carbonyl (C=O) groups is 1. The molecule has 2 fully saturated rings. The lowest BCUT2D eigenvalue weighted by Crippen LogP contribution is -2.42. The Morgan fingerprint density at radius 2 is 1.96 bits per heavy atom. The number of nitrogens with two attached hydrogens (primary N) is 1. The van der Waals surface area contributed by atoms with Gasteiger partial charge in [0.15, 0.2) is 0 Å². The van der Waals surface area contributed by atoms with Gasteiger partial charge in [0.05, 0.1) is 10.8 Å². The highest BCUT2D eigenvalue weighted by Gasteiger charge is 2.49. The summed E-state index contributed by atoms with van der Waals surface area (Å²) in [6.45, 7) is 1.70. The fourth-order valence-electron chi connectivity index (χ4n) is 4.09. The fourth-order valence-corrected chi connectivity index (χ4v) is 5.08. The van der Waals surface area contributed by atoms with E-state index < -0.39 is 10.0 Å². The molecule has 0 spiro atoms. The van der Waals surface area contributed by atoms with Gasteiger partial charge in [0.25, 0.3) is 0 Å². The van der Waals surface area contributed by atoms with Gasteiger partial charge in [-0.25, -0.2) is 13.1 Å². The number of fused-ring (bicyclic) bond motifs is 2. The van der Waals surface area contributed by atoms with Gasteiger partial charge in [0.1, 0.15) is 0 Å². The van der Waals surface area contributed by atoms with Gasteiger partial charge in [0.2, 0.25) is 15.9 Å². The molecular formula is C16H23N3O3S. The Bertz CT molecular complexity index is 730. The molecule has 0 radical (unpaired) electrons. The lowest BCUT2D eigenvalue weighted by molar-refractivity contribution is -0.121. The first-order valence-corrected chi connectivity index (χ1v) is 9.43. The number of hydrogen-bond donors (Lipinski definition) is 3. The molecule has 2 aliphatic carbocycles. The van der Waals surface area contributed by atoms with Gasteiger partial charge in [0, 0.05) is 11.7 Å². The molecule has 4 unspecified atom stereocenters. The first-order chi connectivity index (χ1) is 10.8. The smallest absolute Gasteiger partial charge is 0.240 e. The molecule has 7 heteroatoms. The molecule has 3 rings (SSSR count). The van der Waals surface area contributed by atoms with E-state index in [1.165, 1.54) is 13.1 Å². The van der Waals surface area contributed by atoms with Gasteiger partial charge in [-0.15, -0.1) is 0 Å². The average molecular weight is 337 g/mol. The zero-order chi connectivity index (χ0) is 16.8. The Hall–Kier alpha value is -1.44. The summed E-state index contributed by atoms with van der Waals surface area (Å²) in [6.07, 6.45) is 3.21. The summed E-state index contributed by atoms with van der Waals surface area (Å²) in [5.74, 6) is 0.553. The van der Waals surface area contributed by atoms with Gasteiger partial charge >= 0.3 is 0 Å². The molecule has 1 amide bonds. The van der Waals surface area contributed by atoms with Crippen LogP contribution in [0.5, 0.6) is 0 Å². The molecule has 2 aliphatic rings. The number of rotatable bonds is 4. The molecular weight excluding hydrogens is 314 g/mol. The van der Waals surface area contributed by atoms with Crippen molar-refractivity contribution >= 4 is 21.6 Å². The first-order valence-electron chi connectivity index (χ1n) is 7.94. The first kappa shape index (κ1) is 16.4. The van der Waals surface area contributed by atoms with E-state index in [2.05, 4.69) is 10.0 Å². The minimum Gasteiger partial charge on any atom is -0.327 e. The van der Waals surface area contributed by atoms with Crippen molar-refractivity contribution in [1.29, 1.82) is 0 Å². The van der Waals surface area contributed by atoms with Crippen molar-refractivity contribution in [3.8, 4) is 0 Å². The Morgan fingerprint density at radius 1 is 1.26 bits per heavy atom. The van der Waals surface area contributed by atoms with Crippen molar-refractivity contribution in [1.82, 2.24) is 4.72 Å². The van der Waals surface area contributed by atoms with E-state index >= 15 is 0 Å². The van der Waals surface area contributed by atoms with Crippen LogP contribution in [-0.4, -0.2) is 27.4 Å². The lowest BCUT2D eigenvalue weighted by atomic mass is 9.84. The maximum atomic E-state index is 12.6. The number of nitrogens with one attached hydrogen (secondary N) is 2. The van der Waals surface area contributed by atoms with Crippen molar-refractivity contribution < 1.29 is 13.2 Å². The summed E-state index contributed by atoms with van der Waals surface area (Å²) in [4.78, 5) is 12.8. The van der Waals surface area contributed by atoms with Crippen LogP contribution in [0.1, 0.15) is 24.8 Å². The molecule has 2 bridgehead atoms. The third-order valence-electron chi connectivity index (χ3n) is 5.38. The molecule has 0 saturated heterocycles. The highest BCUT2D eigenvalue weighted by Crippen LogP contribution is 2.48. The molecule has 6 nitrogen and oxygen atoms in total. The highest BCUT2D eigenvalue weighted by atomic mass is 32.2. The van der Waals surface area contributed by atoms with E-state index in [4.69, 9.17) is 5.73 Å². The highest BCUT2D eigenvalue weighted by molar-refractivity contribution is 7.89. The van der Waals surface area contributed by atoms with Crippen LogP contribution in [-0.2, 0) is 14.8 Å². The van der Waals surface area contributed by atoms with Gasteiger partial charge in [-0.3, -0.25) is 4.79 Å². The SMILES string of the molecule is CNS(=O)(=O)c1cccc(NC(=O)C2C3CCC(C3)C2N)c1C. The van der Waals surface area contributed by atoms with Crippen LogP contribution in [0, 0.1) is 24.7 Å². The van der Waals surface area contributed by atoms with Crippen LogP contribution >= 0.6 is 0 Å². The van der Waals surface area contributed by atoms with Crippen LogP contribution in [0.2, 0.25) is 0 Å². The van der Waals surface area contributed by atoms with Crippen LogP contribution in [0.25, 0.3) is 0 Å². The van der Waals surface area contributed by atoms with E-state index in [-0.39, 0.29) is 22.8 Å². The minimum atomic E-state index is -3.55. The van der Waals surface area contributed by atoms with Gasteiger partial charge in [-0.05, 0) is 62.8 Å². The fraction of sp³-hybridized carbons (Fsp3) is 0.562. The van der Waals surface area contributed by atoms with Crippen molar-refractivity contribution in [3.05, 3.63) is 23.8 Å². The second-order valence-corrected chi connectivity index (χ2v) is 8.42. The number of benzene rings is 1. The Morgan fingerprint density at radius 3 is 2.57 bits per heavy atom. The standard InChI is InChI=1S/C16H23N3O3S/c1-9-12(4-3-5-13(9)23(21,22)18-2)19-16(20)14-10-6-7-11(8-10)15(14)17/h3-5,10-11,14-15,18H,6-8,17H2,1-2H3,(H,19,20). The summed E-state index contributed by atoms with van der Waals surface area (Å²) in [6, 6.07) is 4.80. The number of carbonyl (C=O) groups excluding carboxylic acids is 1. The summed E-state index contributed by atoms with van der Waals surface area (Å²) >= 11 is 0. The summed E-state index contributed by atoms with van der Waals surface area (Å²) < 4.78 is 26.4. The van der Waals surface area contributed by atoms with Gasteiger partial charge < -0.3 is 11.1 Å². The van der Waals surface area contributed by atoms with E-state index in [0.717, 1.165) is 19.3 Å². The summed E-state index contributed by atoms with van der Waals surface area (Å²) in [7, 11) is -2.18. The molecule has 126 valence electrons. The summed E-state index contributed by atoms with van der Waals surface area (Å²) in [5.41, 5.74) is 7.27. The van der Waals surface area contributed by atoms with Crippen molar-refractivity contribution in [2.75, 3.05) is 12.4 Å². The van der Waals surface area contributed by atoms with E-state index in [1.54, 1.807) is 19.1 Å². The predicted octanol–water partition coefficient (Wildman–Crippen LogP) is 1.22. The molecule has 1 aromatic rings. The van der Waals surface area contributed by atoms with Crippen molar-refractivity contribution in [2.24, 2.45) is 23.5 Å². The molecule has 23 heavy (non-hydrogen) atoms. The quantitative estimate of drug-likeness (QED) is 0.769. The number of amides is 1. The maximum Gasteiger partial charge on any atom is 0.240 e. The zero-order valence-corrected chi connectivity index (χ0v) is 14.2. The Kier molecular flexibility index (Phi) is 4.20. The van der Waals surface area contributed by atoms with E-state index in [0.29, 0.717) is 23.1 Å². The second-order valence-electron chi connectivity index (χ2n) is 6.56. The Labute approximate surface area is 136 Å². The molecule has 0 heterocycles. The normalized spacial score (nSPS) is 29.7. The van der Waals surface area contributed by atoms with Crippen molar-refractivity contribution in [3.63, 3.8) is 0 Å². The third-order valence-corrected chi connectivity index (χ3v) is 6.94. The van der Waals surface area contributed by atoms with Gasteiger partial charge in [-0.1, -0.05) is 6.07 Å². The molecule has 4 atom stereocenters. The molecule has 1 aromatic carbocycles. The van der Waals surface area contributed by atoms with Crippen molar-refractivity contribution in [2.45, 2.75) is 37.1 Å².